The van der Waals surface area contributed by atoms with E-state index in [1.165, 1.54) is 37.7 Å². The fourth-order valence-electron chi connectivity index (χ4n) is 2.65. The van der Waals surface area contributed by atoms with Gasteiger partial charge in [0.15, 0.2) is 0 Å². The first-order valence-corrected chi connectivity index (χ1v) is 6.48. The molecule has 1 saturated carbocycles. The molecule has 0 spiro atoms. The highest BCUT2D eigenvalue weighted by Gasteiger charge is 2.19. The Labute approximate surface area is 97.9 Å². The van der Waals surface area contributed by atoms with E-state index in [1.54, 1.807) is 6.07 Å². The van der Waals surface area contributed by atoms with Gasteiger partial charge in [0.2, 0.25) is 0 Å². The van der Waals surface area contributed by atoms with Crippen LogP contribution >= 0.6 is 0 Å². The van der Waals surface area contributed by atoms with Gasteiger partial charge in [-0.25, -0.2) is 4.39 Å². The zero-order valence-electron chi connectivity index (χ0n) is 10.3. The van der Waals surface area contributed by atoms with Crippen molar-refractivity contribution >= 4 is 0 Å². The summed E-state index contributed by atoms with van der Waals surface area (Å²) in [4.78, 5) is 0. The van der Waals surface area contributed by atoms with E-state index in [4.69, 9.17) is 0 Å². The topological polar surface area (TPSA) is 0 Å². The summed E-state index contributed by atoms with van der Waals surface area (Å²) in [5.74, 6) is 0.951. The molecule has 16 heavy (non-hydrogen) atoms. The maximum absolute atomic E-state index is 13.8. The van der Waals surface area contributed by atoms with Crippen LogP contribution in [0.1, 0.15) is 68.9 Å². The minimum absolute atomic E-state index is 0.00343. The summed E-state index contributed by atoms with van der Waals surface area (Å²) in [7, 11) is 0. The van der Waals surface area contributed by atoms with Gasteiger partial charge >= 0.3 is 0 Å². The maximum atomic E-state index is 13.8. The Morgan fingerprint density at radius 2 is 1.81 bits per heavy atom. The second-order valence-corrected chi connectivity index (χ2v) is 5.27. The summed E-state index contributed by atoms with van der Waals surface area (Å²) in [6.07, 6.45) is 6.17. The van der Waals surface area contributed by atoms with Crippen molar-refractivity contribution in [2.45, 2.75) is 57.8 Å². The van der Waals surface area contributed by atoms with Crippen molar-refractivity contribution in [1.82, 2.24) is 0 Å². The molecule has 1 aliphatic rings. The van der Waals surface area contributed by atoms with Gasteiger partial charge in [-0.2, -0.15) is 0 Å². The highest BCUT2D eigenvalue weighted by Crippen LogP contribution is 2.35. The van der Waals surface area contributed by atoms with Crippen LogP contribution in [-0.4, -0.2) is 0 Å². The first kappa shape index (κ1) is 11.6. The number of benzene rings is 1. The van der Waals surface area contributed by atoms with Crippen molar-refractivity contribution in [3.05, 3.63) is 35.1 Å². The fraction of sp³-hybridized carbons (Fsp3) is 0.600. The molecule has 0 heterocycles. The van der Waals surface area contributed by atoms with E-state index < -0.39 is 0 Å². The minimum Gasteiger partial charge on any atom is -0.207 e. The van der Waals surface area contributed by atoms with Crippen LogP contribution in [0.2, 0.25) is 0 Å². The van der Waals surface area contributed by atoms with Crippen molar-refractivity contribution in [2.75, 3.05) is 0 Å². The summed E-state index contributed by atoms with van der Waals surface area (Å²) < 4.78 is 13.8. The zero-order chi connectivity index (χ0) is 11.5. The van der Waals surface area contributed by atoms with Gasteiger partial charge in [0, 0.05) is 0 Å². The molecule has 88 valence electrons. The van der Waals surface area contributed by atoms with Crippen molar-refractivity contribution in [2.24, 2.45) is 0 Å². The molecule has 0 N–H and O–H groups in total. The summed E-state index contributed by atoms with van der Waals surface area (Å²) in [6.45, 7) is 4.33. The fourth-order valence-corrected chi connectivity index (χ4v) is 2.65. The van der Waals surface area contributed by atoms with Crippen LogP contribution in [0, 0.1) is 5.82 Å². The van der Waals surface area contributed by atoms with E-state index in [9.17, 15) is 4.39 Å². The van der Waals surface area contributed by atoms with E-state index in [0.717, 1.165) is 5.56 Å². The van der Waals surface area contributed by atoms with Gasteiger partial charge in [0.25, 0.3) is 0 Å². The molecular weight excluding hydrogens is 199 g/mol. The summed E-state index contributed by atoms with van der Waals surface area (Å²) in [6, 6.07) is 5.67. The van der Waals surface area contributed by atoms with Gasteiger partial charge in [-0.3, -0.25) is 0 Å². The van der Waals surface area contributed by atoms with Crippen LogP contribution in [0.15, 0.2) is 18.2 Å². The van der Waals surface area contributed by atoms with Crippen LogP contribution in [0.25, 0.3) is 0 Å². The number of hydrogen-bond acceptors (Lipinski definition) is 0. The summed E-state index contributed by atoms with van der Waals surface area (Å²) in [5.41, 5.74) is 2.23. The average Bonchev–Trinajstić information content (AvgIpc) is 2.30. The highest BCUT2D eigenvalue weighted by atomic mass is 19.1. The molecule has 0 radical (unpaired) electrons. The highest BCUT2D eigenvalue weighted by molar-refractivity contribution is 5.30. The molecule has 0 nitrogen and oxygen atoms in total. The smallest absolute Gasteiger partial charge is 0.126 e. The largest absolute Gasteiger partial charge is 0.207 e. The minimum atomic E-state index is -0.00343. The lowest BCUT2D eigenvalue weighted by Gasteiger charge is -2.23. The molecule has 0 atom stereocenters. The zero-order valence-corrected chi connectivity index (χ0v) is 10.3. The number of hydrogen-bond donors (Lipinski definition) is 0. The molecule has 1 fully saturated rings. The Morgan fingerprint density at radius 3 is 2.44 bits per heavy atom. The van der Waals surface area contributed by atoms with Gasteiger partial charge in [-0.1, -0.05) is 45.2 Å². The van der Waals surface area contributed by atoms with Crippen LogP contribution < -0.4 is 0 Å². The molecule has 0 aromatic heterocycles. The van der Waals surface area contributed by atoms with Gasteiger partial charge in [0.1, 0.15) is 5.82 Å². The molecule has 1 heteroatoms. The average molecular weight is 220 g/mol. The summed E-state index contributed by atoms with van der Waals surface area (Å²) >= 11 is 0. The first-order valence-electron chi connectivity index (χ1n) is 6.48. The van der Waals surface area contributed by atoms with E-state index in [-0.39, 0.29) is 5.82 Å². The molecule has 2 rings (SSSR count). The van der Waals surface area contributed by atoms with Crippen LogP contribution in [0.4, 0.5) is 4.39 Å². The van der Waals surface area contributed by atoms with Crippen molar-refractivity contribution < 1.29 is 4.39 Å². The molecule has 0 bridgehead atoms. The maximum Gasteiger partial charge on any atom is 0.126 e. The second-order valence-electron chi connectivity index (χ2n) is 5.27. The predicted octanol–water partition coefficient (Wildman–Crippen LogP) is 5.00. The molecular formula is C15H21F. The standard InChI is InChI=1S/C15H21F/c1-11(2)13-8-9-15(16)14(10-13)12-6-4-3-5-7-12/h8-12H,3-7H2,1-2H3. The summed E-state index contributed by atoms with van der Waals surface area (Å²) in [5, 5.41) is 0. The molecule has 0 amide bonds. The Bertz CT molecular complexity index is 348. The lowest BCUT2D eigenvalue weighted by atomic mass is 9.82. The monoisotopic (exact) mass is 220 g/mol. The molecule has 0 aliphatic heterocycles. The van der Waals surface area contributed by atoms with E-state index in [2.05, 4.69) is 19.9 Å². The van der Waals surface area contributed by atoms with E-state index >= 15 is 0 Å². The van der Waals surface area contributed by atoms with Crippen LogP contribution in [0.5, 0.6) is 0 Å². The number of rotatable bonds is 2. The van der Waals surface area contributed by atoms with Gasteiger partial charge in [0.05, 0.1) is 0 Å². The SMILES string of the molecule is CC(C)c1ccc(F)c(C2CCCCC2)c1. The van der Waals surface area contributed by atoms with Gasteiger partial charge in [-0.15, -0.1) is 0 Å². The second kappa shape index (κ2) is 4.99. The molecule has 1 aromatic rings. The lowest BCUT2D eigenvalue weighted by Crippen LogP contribution is -2.07. The van der Waals surface area contributed by atoms with E-state index in [1.807, 2.05) is 6.07 Å². The van der Waals surface area contributed by atoms with Gasteiger partial charge in [-0.05, 0) is 41.9 Å². The van der Waals surface area contributed by atoms with Crippen molar-refractivity contribution in [3.8, 4) is 0 Å². The third-order valence-corrected chi connectivity index (χ3v) is 3.73. The normalized spacial score (nSPS) is 18.0. The molecule has 1 aromatic carbocycles. The third kappa shape index (κ3) is 2.45. The quantitative estimate of drug-likeness (QED) is 0.658. The van der Waals surface area contributed by atoms with E-state index in [0.29, 0.717) is 11.8 Å². The van der Waals surface area contributed by atoms with Crippen molar-refractivity contribution in [3.63, 3.8) is 0 Å². The number of halogens is 1. The third-order valence-electron chi connectivity index (χ3n) is 3.73. The predicted molar refractivity (Wildman–Crippen MR) is 66.3 cm³/mol. The molecule has 0 unspecified atom stereocenters. The lowest BCUT2D eigenvalue weighted by molar-refractivity contribution is 0.429. The Kier molecular flexibility index (Phi) is 3.63. The Hall–Kier alpha value is -0.850. The molecule has 0 saturated heterocycles. The Balaban J connectivity index is 2.27. The Morgan fingerprint density at radius 1 is 1.12 bits per heavy atom. The van der Waals surface area contributed by atoms with Crippen LogP contribution in [0.3, 0.4) is 0 Å². The molecule has 1 aliphatic carbocycles. The first-order chi connectivity index (χ1) is 7.68. The van der Waals surface area contributed by atoms with Crippen LogP contribution in [-0.2, 0) is 0 Å². The van der Waals surface area contributed by atoms with Gasteiger partial charge < -0.3 is 0 Å². The van der Waals surface area contributed by atoms with Crippen molar-refractivity contribution in [1.29, 1.82) is 0 Å².